The van der Waals surface area contributed by atoms with Gasteiger partial charge in [-0.15, -0.1) is 0 Å². The normalized spacial score (nSPS) is 11.2. The summed E-state index contributed by atoms with van der Waals surface area (Å²) in [6.07, 6.45) is 8.28. The van der Waals surface area contributed by atoms with E-state index in [1.807, 2.05) is 59.7 Å². The van der Waals surface area contributed by atoms with Gasteiger partial charge < -0.3 is 14.6 Å². The molecule has 0 aliphatic heterocycles. The number of carbonyl (C=O) groups is 1. The number of hydrogen-bond donors (Lipinski definition) is 1. The van der Waals surface area contributed by atoms with Gasteiger partial charge in [-0.2, -0.15) is 5.10 Å². The van der Waals surface area contributed by atoms with Crippen LogP contribution in [-0.2, 0) is 42.1 Å². The largest absolute Gasteiger partial charge is 0.466 e. The van der Waals surface area contributed by atoms with Crippen LogP contribution in [0.4, 0.5) is 0 Å². The molecule has 10 heteroatoms. The Morgan fingerprint density at radius 1 is 1.00 bits per heavy atom. The molecule has 1 N–H and O–H groups in total. The van der Waals surface area contributed by atoms with E-state index in [-0.39, 0.29) is 17.9 Å². The Balaban J connectivity index is 1.20. The predicted octanol–water partition coefficient (Wildman–Crippen LogP) is 4.52. The van der Waals surface area contributed by atoms with E-state index < -0.39 is 0 Å². The van der Waals surface area contributed by atoms with Crippen molar-refractivity contribution in [2.24, 2.45) is 0 Å². The average Bonchev–Trinajstić information content (AvgIpc) is 3.31. The number of aromatic nitrogens is 5. The molecule has 0 spiro atoms. The molecule has 5 aromatic rings. The number of nitrogens with one attached hydrogen (secondary N) is 1. The minimum absolute atomic E-state index is 0.0470. The summed E-state index contributed by atoms with van der Waals surface area (Å²) in [6.45, 7) is 4.17. The summed E-state index contributed by atoms with van der Waals surface area (Å²) in [5.41, 5.74) is 5.77. The summed E-state index contributed by atoms with van der Waals surface area (Å²) in [7, 11) is 0. The molecule has 0 amide bonds. The molecule has 0 unspecified atom stereocenters. The number of nitrogens with zero attached hydrogens (tertiary/aromatic N) is 5. The summed E-state index contributed by atoms with van der Waals surface area (Å²) >= 11 is 6.28. The van der Waals surface area contributed by atoms with Crippen molar-refractivity contribution < 1.29 is 9.53 Å². The first-order valence-corrected chi connectivity index (χ1v) is 13.9. The zero-order valence-electron chi connectivity index (χ0n) is 22.8. The molecule has 0 fully saturated rings. The van der Waals surface area contributed by atoms with E-state index in [2.05, 4.69) is 21.4 Å². The van der Waals surface area contributed by atoms with Gasteiger partial charge in [0, 0.05) is 60.8 Å². The highest BCUT2D eigenvalue weighted by Gasteiger charge is 2.13. The highest BCUT2D eigenvalue weighted by molar-refractivity contribution is 6.31. The van der Waals surface area contributed by atoms with Crippen LogP contribution in [0.1, 0.15) is 41.4 Å². The number of aryl methyl sites for hydroxylation is 1. The van der Waals surface area contributed by atoms with Crippen LogP contribution in [0.2, 0.25) is 5.02 Å². The van der Waals surface area contributed by atoms with Crippen molar-refractivity contribution in [1.82, 2.24) is 29.6 Å². The Kier molecular flexibility index (Phi) is 9.18. The second-order valence-corrected chi connectivity index (χ2v) is 10.1. The number of halogens is 1. The number of ether oxygens (including phenoxy) is 1. The fourth-order valence-corrected chi connectivity index (χ4v) is 4.84. The first kappa shape index (κ1) is 28.2. The first-order chi connectivity index (χ1) is 20.0. The minimum atomic E-state index is -0.243. The Labute approximate surface area is 242 Å². The van der Waals surface area contributed by atoms with Crippen molar-refractivity contribution in [1.29, 1.82) is 0 Å². The fourth-order valence-electron chi connectivity index (χ4n) is 4.66. The Bertz CT molecular complexity index is 1700. The molecular weight excluding hydrogens is 540 g/mol. The molecule has 4 aromatic heterocycles. The zero-order chi connectivity index (χ0) is 28.6. The topological polar surface area (TPSA) is 104 Å². The SMILES string of the molecule is CCOC(=O)CCn1nc(CNCc2cncc(Cc3ccc(Cn4ccccc4=O)nc3)c2)c2cc(Cl)ccc21. The van der Waals surface area contributed by atoms with Gasteiger partial charge in [0.1, 0.15) is 0 Å². The van der Waals surface area contributed by atoms with Crippen molar-refractivity contribution in [3.63, 3.8) is 0 Å². The second-order valence-electron chi connectivity index (χ2n) is 9.69. The van der Waals surface area contributed by atoms with Crippen molar-refractivity contribution >= 4 is 28.5 Å². The summed E-state index contributed by atoms with van der Waals surface area (Å²) < 4.78 is 8.52. The lowest BCUT2D eigenvalue weighted by molar-refractivity contribution is -0.143. The van der Waals surface area contributed by atoms with E-state index >= 15 is 0 Å². The third kappa shape index (κ3) is 7.45. The number of fused-ring (bicyclic) bond motifs is 1. The van der Waals surface area contributed by atoms with Crippen LogP contribution in [0.3, 0.4) is 0 Å². The molecule has 4 heterocycles. The molecule has 0 atom stereocenters. The highest BCUT2D eigenvalue weighted by Crippen LogP contribution is 2.23. The van der Waals surface area contributed by atoms with Crippen molar-refractivity contribution in [3.8, 4) is 0 Å². The van der Waals surface area contributed by atoms with Gasteiger partial charge in [-0.05, 0) is 53.9 Å². The summed E-state index contributed by atoms with van der Waals surface area (Å²) in [6, 6.07) is 16.9. The van der Waals surface area contributed by atoms with Crippen molar-refractivity contribution in [3.05, 3.63) is 123 Å². The monoisotopic (exact) mass is 570 g/mol. The van der Waals surface area contributed by atoms with Gasteiger partial charge >= 0.3 is 5.97 Å². The molecule has 5 rings (SSSR count). The molecule has 9 nitrogen and oxygen atoms in total. The van der Waals surface area contributed by atoms with Crippen molar-refractivity contribution in [2.45, 2.75) is 45.9 Å². The summed E-state index contributed by atoms with van der Waals surface area (Å²) in [5, 5.41) is 9.80. The Hall–Kier alpha value is -4.34. The molecule has 0 aliphatic carbocycles. The van der Waals surface area contributed by atoms with E-state index in [1.165, 1.54) is 0 Å². The van der Waals surface area contributed by atoms with Crippen LogP contribution in [0.5, 0.6) is 0 Å². The van der Waals surface area contributed by atoms with E-state index in [0.717, 1.165) is 39.0 Å². The standard InChI is InChI=1S/C31H31ClN6O3/c1-2-41-31(40)10-12-38-29-9-7-25(32)15-27(29)28(36-38)20-34-18-24-14-23(16-33-17-24)13-22-6-8-26(35-19-22)21-37-11-4-3-5-30(37)39/h3-9,11,14-17,19,34H,2,10,12-13,18,20-21H2,1H3. The number of benzene rings is 1. The first-order valence-electron chi connectivity index (χ1n) is 13.5. The summed E-state index contributed by atoms with van der Waals surface area (Å²) in [5.74, 6) is -0.243. The maximum absolute atomic E-state index is 12.0. The van der Waals surface area contributed by atoms with E-state index in [4.69, 9.17) is 21.4 Å². The molecule has 0 bridgehead atoms. The van der Waals surface area contributed by atoms with Crippen LogP contribution in [-0.4, -0.2) is 36.9 Å². The van der Waals surface area contributed by atoms with E-state index in [9.17, 15) is 9.59 Å². The van der Waals surface area contributed by atoms with Gasteiger partial charge in [0.25, 0.3) is 5.56 Å². The van der Waals surface area contributed by atoms with Crippen LogP contribution in [0.25, 0.3) is 10.9 Å². The second kappa shape index (κ2) is 13.3. The summed E-state index contributed by atoms with van der Waals surface area (Å²) in [4.78, 5) is 32.8. The quantitative estimate of drug-likeness (QED) is 0.220. The lowest BCUT2D eigenvalue weighted by atomic mass is 10.1. The minimum Gasteiger partial charge on any atom is -0.466 e. The van der Waals surface area contributed by atoms with Crippen molar-refractivity contribution in [2.75, 3.05) is 6.61 Å². The lowest BCUT2D eigenvalue weighted by Gasteiger charge is -2.08. The molecule has 0 saturated heterocycles. The van der Waals surface area contributed by atoms with Crippen LogP contribution < -0.4 is 10.9 Å². The Morgan fingerprint density at radius 3 is 2.68 bits per heavy atom. The van der Waals surface area contributed by atoms with Crippen LogP contribution in [0, 0.1) is 0 Å². The molecule has 210 valence electrons. The van der Waals surface area contributed by atoms with Gasteiger partial charge in [0.05, 0.1) is 43.0 Å². The number of rotatable bonds is 12. The van der Waals surface area contributed by atoms with Crippen LogP contribution in [0.15, 0.2) is 84.2 Å². The van der Waals surface area contributed by atoms with Gasteiger partial charge in [-0.1, -0.05) is 29.8 Å². The lowest BCUT2D eigenvalue weighted by Crippen LogP contribution is -2.18. The molecule has 1 aromatic carbocycles. The van der Waals surface area contributed by atoms with Crippen LogP contribution >= 0.6 is 11.6 Å². The Morgan fingerprint density at radius 2 is 1.88 bits per heavy atom. The maximum atomic E-state index is 12.0. The van der Waals surface area contributed by atoms with Gasteiger partial charge in [-0.25, -0.2) is 0 Å². The van der Waals surface area contributed by atoms with Gasteiger partial charge in [0.15, 0.2) is 0 Å². The fraction of sp³-hybridized carbons (Fsp3) is 0.258. The molecular formula is C31H31ClN6O3. The smallest absolute Gasteiger partial charge is 0.307 e. The van der Waals surface area contributed by atoms with Gasteiger partial charge in [-0.3, -0.25) is 24.2 Å². The average molecular weight is 571 g/mol. The highest BCUT2D eigenvalue weighted by atomic mass is 35.5. The molecule has 41 heavy (non-hydrogen) atoms. The third-order valence-corrected chi connectivity index (χ3v) is 6.86. The molecule has 0 radical (unpaired) electrons. The zero-order valence-corrected chi connectivity index (χ0v) is 23.6. The van der Waals surface area contributed by atoms with Gasteiger partial charge in [0.2, 0.25) is 0 Å². The number of hydrogen-bond acceptors (Lipinski definition) is 7. The van der Waals surface area contributed by atoms with E-state index in [1.54, 1.807) is 29.8 Å². The molecule has 0 saturated carbocycles. The predicted molar refractivity (Wildman–Crippen MR) is 158 cm³/mol. The number of pyridine rings is 3. The number of carbonyl (C=O) groups excluding carboxylic acids is 1. The third-order valence-electron chi connectivity index (χ3n) is 6.62. The molecule has 0 aliphatic rings. The number of esters is 1. The maximum Gasteiger partial charge on any atom is 0.307 e. The van der Waals surface area contributed by atoms with E-state index in [0.29, 0.717) is 44.2 Å².